The van der Waals surface area contributed by atoms with Crippen LogP contribution >= 0.6 is 23.8 Å². The van der Waals surface area contributed by atoms with Gasteiger partial charge in [0.2, 0.25) is 5.89 Å². The first-order valence-corrected chi connectivity index (χ1v) is 12.0. The van der Waals surface area contributed by atoms with Crippen molar-refractivity contribution < 1.29 is 14.1 Å². The number of amides is 1. The highest BCUT2D eigenvalue weighted by Crippen LogP contribution is 2.32. The van der Waals surface area contributed by atoms with Crippen LogP contribution < -0.4 is 15.5 Å². The summed E-state index contributed by atoms with van der Waals surface area (Å²) in [6, 6.07) is 16.9. The topological polar surface area (TPSA) is 114 Å². The molecule has 2 N–H and O–H groups in total. The fourth-order valence-corrected chi connectivity index (χ4v) is 4.56. The lowest BCUT2D eigenvalue weighted by Gasteiger charge is -2.18. The molecule has 0 radical (unpaired) electrons. The summed E-state index contributed by atoms with van der Waals surface area (Å²) < 4.78 is 5.81. The van der Waals surface area contributed by atoms with Gasteiger partial charge in [-0.05, 0) is 67.5 Å². The molecule has 0 unspecified atom stereocenters. The third-order valence-corrected chi connectivity index (χ3v) is 6.39. The summed E-state index contributed by atoms with van der Waals surface area (Å²) in [6.45, 7) is 1.52. The van der Waals surface area contributed by atoms with Crippen molar-refractivity contribution >= 4 is 63.0 Å². The van der Waals surface area contributed by atoms with Gasteiger partial charge in [0.1, 0.15) is 11.2 Å². The van der Waals surface area contributed by atoms with Crippen LogP contribution in [0.25, 0.3) is 22.6 Å². The van der Waals surface area contributed by atoms with Crippen LogP contribution in [0.1, 0.15) is 23.2 Å². The van der Waals surface area contributed by atoms with Crippen LogP contribution in [-0.4, -0.2) is 34.0 Å². The number of hydrogen-bond acceptors (Lipinski definition) is 7. The Hall–Kier alpha value is -4.02. The number of nitrogens with one attached hydrogen (secondary N) is 2. The van der Waals surface area contributed by atoms with Crippen LogP contribution in [0.15, 0.2) is 65.1 Å². The highest BCUT2D eigenvalue weighted by molar-refractivity contribution is 7.80. The molecule has 0 spiro atoms. The van der Waals surface area contributed by atoms with Crippen molar-refractivity contribution in [3.05, 3.63) is 81.4 Å². The lowest BCUT2D eigenvalue weighted by Crippen LogP contribution is -2.34. The number of carbonyl (C=O) groups is 1. The van der Waals surface area contributed by atoms with Crippen LogP contribution in [-0.2, 0) is 0 Å². The maximum Gasteiger partial charge on any atom is 0.293 e. The van der Waals surface area contributed by atoms with E-state index in [9.17, 15) is 14.9 Å². The minimum atomic E-state index is -0.549. The molecule has 0 bridgehead atoms. The Bertz CT molecular complexity index is 1500. The number of nitro benzene ring substituents is 1. The smallest absolute Gasteiger partial charge is 0.293 e. The zero-order chi connectivity index (χ0) is 25.2. The van der Waals surface area contributed by atoms with Gasteiger partial charge >= 0.3 is 0 Å². The van der Waals surface area contributed by atoms with Crippen LogP contribution in [0.3, 0.4) is 0 Å². The molecule has 2 heterocycles. The van der Waals surface area contributed by atoms with Crippen LogP contribution in [0.4, 0.5) is 17.1 Å². The summed E-state index contributed by atoms with van der Waals surface area (Å²) >= 11 is 11.5. The van der Waals surface area contributed by atoms with Crippen molar-refractivity contribution in [1.82, 2.24) is 10.3 Å². The zero-order valence-corrected chi connectivity index (χ0v) is 20.4. The van der Waals surface area contributed by atoms with Gasteiger partial charge in [-0.15, -0.1) is 0 Å². The van der Waals surface area contributed by atoms with Crippen molar-refractivity contribution in [2.24, 2.45) is 0 Å². The molecule has 1 amide bonds. The normalized spacial score (nSPS) is 13.1. The first kappa shape index (κ1) is 23.7. The van der Waals surface area contributed by atoms with E-state index in [1.54, 1.807) is 36.4 Å². The van der Waals surface area contributed by atoms with E-state index in [-0.39, 0.29) is 16.4 Å². The number of aromatic nitrogens is 1. The van der Waals surface area contributed by atoms with Gasteiger partial charge in [0.25, 0.3) is 11.6 Å². The number of oxazole rings is 1. The van der Waals surface area contributed by atoms with Gasteiger partial charge < -0.3 is 14.6 Å². The fourth-order valence-electron chi connectivity index (χ4n) is 4.13. The molecule has 1 saturated heterocycles. The van der Waals surface area contributed by atoms with Crippen LogP contribution in [0.5, 0.6) is 0 Å². The number of halogens is 1. The molecule has 182 valence electrons. The maximum atomic E-state index is 12.7. The van der Waals surface area contributed by atoms with Gasteiger partial charge in [0.05, 0.1) is 15.5 Å². The molecule has 0 aliphatic carbocycles. The molecule has 1 aromatic heterocycles. The van der Waals surface area contributed by atoms with Gasteiger partial charge in [-0.3, -0.25) is 20.2 Å². The van der Waals surface area contributed by atoms with Crippen molar-refractivity contribution in [2.45, 2.75) is 12.8 Å². The molecule has 0 atom stereocenters. The van der Waals surface area contributed by atoms with E-state index in [1.165, 1.54) is 6.07 Å². The molecular weight excluding hydrogens is 502 g/mol. The summed E-state index contributed by atoms with van der Waals surface area (Å²) in [5.74, 6) is -0.158. The van der Waals surface area contributed by atoms with E-state index in [0.717, 1.165) is 25.9 Å². The number of rotatable bonds is 5. The predicted octanol–water partition coefficient (Wildman–Crippen LogP) is 5.78. The highest BCUT2D eigenvalue weighted by atomic mass is 35.5. The second-order valence-electron chi connectivity index (χ2n) is 8.24. The molecule has 3 aromatic carbocycles. The van der Waals surface area contributed by atoms with Gasteiger partial charge in [-0.2, -0.15) is 0 Å². The van der Waals surface area contributed by atoms with Crippen molar-refractivity contribution in [3.63, 3.8) is 0 Å². The van der Waals surface area contributed by atoms with Crippen LogP contribution in [0, 0.1) is 10.1 Å². The Kier molecular flexibility index (Phi) is 6.53. The second kappa shape index (κ2) is 9.92. The van der Waals surface area contributed by atoms with Gasteiger partial charge in [0, 0.05) is 30.4 Å². The first-order chi connectivity index (χ1) is 17.4. The summed E-state index contributed by atoms with van der Waals surface area (Å²) in [7, 11) is 0. The molecule has 4 aromatic rings. The Balaban J connectivity index is 1.29. The third-order valence-electron chi connectivity index (χ3n) is 5.86. The SMILES string of the molecule is O=C(NC(=S)Nc1ccc2oc(-c3ccccc3Cl)nc2c1)c1ccc(N2CCCC2)c([N+](=O)[O-])c1. The molecule has 36 heavy (non-hydrogen) atoms. The second-order valence-corrected chi connectivity index (χ2v) is 9.06. The summed E-state index contributed by atoms with van der Waals surface area (Å²) in [5, 5.41) is 17.7. The monoisotopic (exact) mass is 521 g/mol. The average Bonchev–Trinajstić information content (AvgIpc) is 3.54. The standard InChI is InChI=1S/C25H20ClN5O4S/c26-18-6-2-1-5-17(18)24-28-19-14-16(8-10-22(19)35-24)27-25(36)29-23(32)15-7-9-20(21(13-15)31(33)34)30-11-3-4-12-30/h1-2,5-10,13-14H,3-4,11-12H2,(H2,27,29,32,36). The van der Waals surface area contributed by atoms with Crippen molar-refractivity contribution in [2.75, 3.05) is 23.3 Å². The maximum absolute atomic E-state index is 12.7. The molecule has 9 nitrogen and oxygen atoms in total. The zero-order valence-electron chi connectivity index (χ0n) is 18.9. The van der Waals surface area contributed by atoms with Gasteiger partial charge in [0.15, 0.2) is 10.7 Å². The quantitative estimate of drug-likeness (QED) is 0.193. The van der Waals surface area contributed by atoms with E-state index in [1.807, 2.05) is 23.1 Å². The van der Waals surface area contributed by atoms with E-state index in [0.29, 0.717) is 39.0 Å². The summed E-state index contributed by atoms with van der Waals surface area (Å²) in [5.41, 5.74) is 2.97. The third kappa shape index (κ3) is 4.86. The largest absolute Gasteiger partial charge is 0.436 e. The summed E-state index contributed by atoms with van der Waals surface area (Å²) in [6.07, 6.45) is 1.97. The molecule has 0 saturated carbocycles. The number of nitrogens with zero attached hydrogens (tertiary/aromatic N) is 3. The molecular formula is C25H20ClN5O4S. The number of benzene rings is 3. The van der Waals surface area contributed by atoms with Crippen LogP contribution in [0.2, 0.25) is 5.02 Å². The number of carbonyl (C=O) groups excluding carboxylic acids is 1. The Labute approximate surface area is 216 Å². The summed E-state index contributed by atoms with van der Waals surface area (Å²) in [4.78, 5) is 30.4. The molecule has 1 fully saturated rings. The van der Waals surface area contributed by atoms with Gasteiger partial charge in [-0.25, -0.2) is 4.98 Å². The Morgan fingerprint density at radius 3 is 2.64 bits per heavy atom. The molecule has 5 rings (SSSR count). The Morgan fingerprint density at radius 1 is 1.11 bits per heavy atom. The van der Waals surface area contributed by atoms with Crippen molar-refractivity contribution in [1.29, 1.82) is 0 Å². The van der Waals surface area contributed by atoms with E-state index in [2.05, 4.69) is 15.6 Å². The highest BCUT2D eigenvalue weighted by Gasteiger charge is 2.24. The first-order valence-electron chi connectivity index (χ1n) is 11.2. The number of nitro groups is 1. The number of thiocarbonyl (C=S) groups is 1. The number of fused-ring (bicyclic) bond motifs is 1. The number of anilines is 2. The minimum absolute atomic E-state index is 0.0421. The molecule has 1 aliphatic rings. The van der Waals surface area contributed by atoms with Gasteiger partial charge in [-0.1, -0.05) is 23.7 Å². The Morgan fingerprint density at radius 2 is 1.89 bits per heavy atom. The van der Waals surface area contributed by atoms with Crippen molar-refractivity contribution in [3.8, 4) is 11.5 Å². The molecule has 1 aliphatic heterocycles. The molecule has 11 heteroatoms. The fraction of sp³-hybridized carbons (Fsp3) is 0.160. The van der Waals surface area contributed by atoms with E-state index < -0.39 is 10.8 Å². The van der Waals surface area contributed by atoms with E-state index in [4.69, 9.17) is 28.2 Å². The number of hydrogen-bond donors (Lipinski definition) is 2. The lowest BCUT2D eigenvalue weighted by molar-refractivity contribution is -0.384. The van der Waals surface area contributed by atoms with E-state index >= 15 is 0 Å². The predicted molar refractivity (Wildman–Crippen MR) is 143 cm³/mol. The average molecular weight is 522 g/mol. The lowest BCUT2D eigenvalue weighted by atomic mass is 10.1. The minimum Gasteiger partial charge on any atom is -0.436 e.